The predicted molar refractivity (Wildman–Crippen MR) is 55.6 cm³/mol. The first-order chi connectivity index (χ1) is 6.06. The average Bonchev–Trinajstić information content (AvgIpc) is 2.02. The molecule has 13 heavy (non-hydrogen) atoms. The molecule has 0 aromatic heterocycles. The second-order valence-electron chi connectivity index (χ2n) is 2.96. The zero-order valence-corrected chi connectivity index (χ0v) is 8.90. The molecule has 0 aromatic carbocycles. The number of amides is 2. The molecule has 0 aliphatic carbocycles. The Morgan fingerprint density at radius 3 is 2.77 bits per heavy atom. The molecule has 3 nitrogen and oxygen atoms in total. The Kier molecular flexibility index (Phi) is 6.41. The summed E-state index contributed by atoms with van der Waals surface area (Å²) in [5.74, 6) is 0. The van der Waals surface area contributed by atoms with Gasteiger partial charge in [0.25, 0.3) is 0 Å². The zero-order valence-electron chi connectivity index (χ0n) is 8.14. The highest BCUT2D eigenvalue weighted by Gasteiger charge is 1.99. The molecule has 0 heterocycles. The molecular weight excluding hydrogens is 188 g/mol. The number of alkyl halides is 1. The van der Waals surface area contributed by atoms with Crippen LogP contribution < -0.4 is 11.1 Å². The summed E-state index contributed by atoms with van der Waals surface area (Å²) in [6.07, 6.45) is 4.69. The second-order valence-corrected chi connectivity index (χ2v) is 3.58. The summed E-state index contributed by atoms with van der Waals surface area (Å²) in [5, 5.41) is 2.71. The molecule has 0 saturated carbocycles. The van der Waals surface area contributed by atoms with Crippen molar-refractivity contribution in [2.45, 2.75) is 38.5 Å². The lowest BCUT2D eigenvalue weighted by atomic mass is 10.2. The second kappa shape index (κ2) is 6.78. The molecule has 0 aliphatic rings. The highest BCUT2D eigenvalue weighted by molar-refractivity contribution is 6.20. The first-order valence-corrected chi connectivity index (χ1v) is 4.87. The Hall–Kier alpha value is -0.700. The van der Waals surface area contributed by atoms with Crippen LogP contribution in [-0.2, 0) is 0 Å². The molecule has 0 fully saturated rings. The molecule has 0 rings (SSSR count). The lowest BCUT2D eigenvalue weighted by Crippen LogP contribution is -2.27. The highest BCUT2D eigenvalue weighted by Crippen LogP contribution is 2.09. The van der Waals surface area contributed by atoms with Gasteiger partial charge in [0.1, 0.15) is 0 Å². The van der Waals surface area contributed by atoms with Crippen molar-refractivity contribution in [1.82, 2.24) is 5.32 Å². The van der Waals surface area contributed by atoms with Crippen molar-refractivity contribution >= 4 is 17.6 Å². The minimum atomic E-state index is -0.522. The minimum Gasteiger partial charge on any atom is -0.351 e. The molecule has 2 amide bonds. The summed E-state index contributed by atoms with van der Waals surface area (Å²) in [6, 6.07) is -0.522. The Morgan fingerprint density at radius 1 is 1.69 bits per heavy atom. The van der Waals surface area contributed by atoms with Gasteiger partial charge in [0.2, 0.25) is 0 Å². The molecule has 3 N–H and O–H groups in total. The lowest BCUT2D eigenvalue weighted by Gasteiger charge is -2.04. The molecule has 1 unspecified atom stereocenters. The first kappa shape index (κ1) is 12.3. The Morgan fingerprint density at radius 2 is 2.31 bits per heavy atom. The lowest BCUT2D eigenvalue weighted by molar-refractivity contribution is 0.251. The van der Waals surface area contributed by atoms with Crippen molar-refractivity contribution in [1.29, 1.82) is 0 Å². The molecular formula is C9H17ClN2O. The van der Waals surface area contributed by atoms with Gasteiger partial charge < -0.3 is 11.1 Å². The monoisotopic (exact) mass is 204 g/mol. The summed E-state index contributed by atoms with van der Waals surface area (Å²) >= 11 is 5.91. The van der Waals surface area contributed by atoms with Crippen LogP contribution >= 0.6 is 11.6 Å². The van der Waals surface area contributed by atoms with E-state index < -0.39 is 6.03 Å². The van der Waals surface area contributed by atoms with Crippen LogP contribution in [0.25, 0.3) is 0 Å². The van der Waals surface area contributed by atoms with Gasteiger partial charge in [0.05, 0.1) is 0 Å². The number of hydrogen-bond acceptors (Lipinski definition) is 1. The third-order valence-electron chi connectivity index (χ3n) is 1.69. The fourth-order valence-corrected chi connectivity index (χ4v) is 1.06. The summed E-state index contributed by atoms with van der Waals surface area (Å²) in [7, 11) is 0. The van der Waals surface area contributed by atoms with E-state index >= 15 is 0 Å². The number of halogens is 1. The van der Waals surface area contributed by atoms with Crippen LogP contribution in [0.5, 0.6) is 0 Å². The number of nitrogens with one attached hydrogen (secondary N) is 1. The maximum Gasteiger partial charge on any atom is 0.316 e. The molecule has 0 saturated heterocycles. The molecule has 0 aliphatic heterocycles. The van der Waals surface area contributed by atoms with Crippen LogP contribution in [0.1, 0.15) is 33.1 Å². The molecule has 0 bridgehead atoms. The topological polar surface area (TPSA) is 55.1 Å². The number of urea groups is 1. The molecule has 0 spiro atoms. The van der Waals surface area contributed by atoms with Crippen molar-refractivity contribution in [3.05, 3.63) is 11.8 Å². The van der Waals surface area contributed by atoms with E-state index in [-0.39, 0.29) is 5.38 Å². The van der Waals surface area contributed by atoms with Gasteiger partial charge in [0.15, 0.2) is 0 Å². The van der Waals surface area contributed by atoms with Crippen molar-refractivity contribution < 1.29 is 4.79 Å². The Balaban J connectivity index is 3.64. The average molecular weight is 205 g/mol. The van der Waals surface area contributed by atoms with E-state index in [1.165, 1.54) is 0 Å². The highest BCUT2D eigenvalue weighted by atomic mass is 35.5. The Bertz CT molecular complexity index is 192. The fourth-order valence-electron chi connectivity index (χ4n) is 0.930. The predicted octanol–water partition coefficient (Wildman–Crippen LogP) is 2.36. The number of carbonyl (C=O) groups excluding carboxylic acids is 1. The van der Waals surface area contributed by atoms with Crippen LogP contribution in [0.4, 0.5) is 4.79 Å². The van der Waals surface area contributed by atoms with Gasteiger partial charge in [-0.15, -0.1) is 11.6 Å². The molecule has 1 atom stereocenters. The number of hydrogen-bond donors (Lipinski definition) is 2. The minimum absolute atomic E-state index is 0.220. The number of carbonyl (C=O) groups is 1. The van der Waals surface area contributed by atoms with E-state index in [1.54, 1.807) is 6.92 Å². The SMILES string of the molecule is CCC(Cl)CC/C=C(\C)NC(N)=O. The van der Waals surface area contributed by atoms with Crippen LogP contribution in [-0.4, -0.2) is 11.4 Å². The number of allylic oxidation sites excluding steroid dienone is 2. The normalized spacial score (nSPS) is 13.9. The summed E-state index contributed by atoms with van der Waals surface area (Å²) in [4.78, 5) is 10.4. The van der Waals surface area contributed by atoms with Gasteiger partial charge in [-0.05, 0) is 26.2 Å². The van der Waals surface area contributed by atoms with Crippen LogP contribution in [0.3, 0.4) is 0 Å². The van der Waals surface area contributed by atoms with Crippen molar-refractivity contribution in [3.8, 4) is 0 Å². The largest absolute Gasteiger partial charge is 0.351 e. The summed E-state index contributed by atoms with van der Waals surface area (Å²) < 4.78 is 0. The van der Waals surface area contributed by atoms with E-state index in [9.17, 15) is 4.79 Å². The fraction of sp³-hybridized carbons (Fsp3) is 0.667. The molecule has 76 valence electrons. The molecule has 4 heteroatoms. The number of primary amides is 1. The van der Waals surface area contributed by atoms with Gasteiger partial charge in [-0.1, -0.05) is 13.0 Å². The first-order valence-electron chi connectivity index (χ1n) is 4.43. The van der Waals surface area contributed by atoms with Gasteiger partial charge in [-0.2, -0.15) is 0 Å². The van der Waals surface area contributed by atoms with E-state index in [0.717, 1.165) is 25.0 Å². The van der Waals surface area contributed by atoms with Gasteiger partial charge >= 0.3 is 6.03 Å². The third-order valence-corrected chi connectivity index (χ3v) is 2.22. The summed E-state index contributed by atoms with van der Waals surface area (Å²) in [5.41, 5.74) is 5.72. The molecule has 0 aromatic rings. The third kappa shape index (κ3) is 7.65. The maximum absolute atomic E-state index is 10.4. The van der Waals surface area contributed by atoms with E-state index in [2.05, 4.69) is 12.2 Å². The van der Waals surface area contributed by atoms with Crippen molar-refractivity contribution in [2.24, 2.45) is 5.73 Å². The van der Waals surface area contributed by atoms with E-state index in [4.69, 9.17) is 17.3 Å². The summed E-state index contributed by atoms with van der Waals surface area (Å²) in [6.45, 7) is 3.86. The van der Waals surface area contributed by atoms with Gasteiger partial charge in [0, 0.05) is 11.1 Å². The Labute approximate surface area is 84.3 Å². The van der Waals surface area contributed by atoms with E-state index in [1.807, 2.05) is 6.08 Å². The standard InChI is InChI=1S/C9H17ClN2O/c1-3-8(10)6-4-5-7(2)12-9(11)13/h5,8H,3-4,6H2,1-2H3,(H3,11,12,13)/b7-5+. The number of nitrogens with two attached hydrogens (primary N) is 1. The smallest absolute Gasteiger partial charge is 0.316 e. The maximum atomic E-state index is 10.4. The van der Waals surface area contributed by atoms with Crippen LogP contribution in [0, 0.1) is 0 Å². The van der Waals surface area contributed by atoms with Crippen molar-refractivity contribution in [2.75, 3.05) is 0 Å². The van der Waals surface area contributed by atoms with Gasteiger partial charge in [-0.3, -0.25) is 0 Å². The number of rotatable bonds is 5. The van der Waals surface area contributed by atoms with E-state index in [0.29, 0.717) is 0 Å². The van der Waals surface area contributed by atoms with Crippen LogP contribution in [0.2, 0.25) is 0 Å². The zero-order chi connectivity index (χ0) is 10.3. The van der Waals surface area contributed by atoms with Gasteiger partial charge in [-0.25, -0.2) is 4.79 Å². The van der Waals surface area contributed by atoms with Crippen LogP contribution in [0.15, 0.2) is 11.8 Å². The van der Waals surface area contributed by atoms with Crippen molar-refractivity contribution in [3.63, 3.8) is 0 Å². The quantitative estimate of drug-likeness (QED) is 0.664. The molecule has 0 radical (unpaired) electrons.